The van der Waals surface area contributed by atoms with Gasteiger partial charge >= 0.3 is 0 Å². The Labute approximate surface area is 144 Å². The normalized spacial score (nSPS) is 12.6. The van der Waals surface area contributed by atoms with Gasteiger partial charge in [-0.2, -0.15) is 0 Å². The summed E-state index contributed by atoms with van der Waals surface area (Å²) in [4.78, 5) is 1.69. The molecule has 0 atom stereocenters. The van der Waals surface area contributed by atoms with Gasteiger partial charge in [-0.25, -0.2) is 0 Å². The molecule has 0 aliphatic heterocycles. The van der Waals surface area contributed by atoms with Gasteiger partial charge in [-0.1, -0.05) is 39.0 Å². The topological polar surface area (TPSA) is 39.9 Å². The third-order valence-corrected chi connectivity index (χ3v) is 9.13. The van der Waals surface area contributed by atoms with Crippen molar-refractivity contribution < 1.29 is 4.43 Å². The maximum atomic E-state index is 6.54. The van der Waals surface area contributed by atoms with Gasteiger partial charge < -0.3 is 4.43 Å². The van der Waals surface area contributed by atoms with Crippen LogP contribution in [-0.2, 0) is 0 Å². The maximum absolute atomic E-state index is 6.54. The van der Waals surface area contributed by atoms with E-state index in [1.807, 2.05) is 30.3 Å². The van der Waals surface area contributed by atoms with Gasteiger partial charge in [-0.3, -0.25) is 0 Å². The third-order valence-electron chi connectivity index (χ3n) is 4.79. The number of aromatic nitrogens is 3. The van der Waals surface area contributed by atoms with E-state index in [2.05, 4.69) is 63.1 Å². The summed E-state index contributed by atoms with van der Waals surface area (Å²) in [6, 6.07) is 14.1. The Hall–Kier alpha value is -2.14. The fourth-order valence-electron chi connectivity index (χ4n) is 2.27. The molecule has 0 aliphatic carbocycles. The summed E-state index contributed by atoms with van der Waals surface area (Å²) in [5.41, 5.74) is 3.83. The van der Waals surface area contributed by atoms with E-state index >= 15 is 0 Å². The van der Waals surface area contributed by atoms with E-state index in [1.165, 1.54) is 0 Å². The summed E-state index contributed by atoms with van der Waals surface area (Å²) in [5.74, 6) is 0.854. The zero-order valence-corrected chi connectivity index (χ0v) is 16.3. The summed E-state index contributed by atoms with van der Waals surface area (Å²) >= 11 is 0. The molecule has 0 amide bonds. The van der Waals surface area contributed by atoms with Gasteiger partial charge in [0.2, 0.25) is 0 Å². The van der Waals surface area contributed by atoms with E-state index in [-0.39, 0.29) is 5.04 Å². The van der Waals surface area contributed by atoms with Crippen LogP contribution in [0.25, 0.3) is 16.7 Å². The molecule has 3 rings (SSSR count). The Morgan fingerprint density at radius 1 is 0.958 bits per heavy atom. The molecule has 1 aromatic heterocycles. The second-order valence-corrected chi connectivity index (χ2v) is 12.5. The number of rotatable bonds is 3. The van der Waals surface area contributed by atoms with Crippen LogP contribution in [0.1, 0.15) is 26.3 Å². The molecule has 0 saturated carbocycles. The summed E-state index contributed by atoms with van der Waals surface area (Å²) in [5, 5.41) is 9.37. The Morgan fingerprint density at radius 2 is 1.54 bits per heavy atom. The Balaban J connectivity index is 2.09. The summed E-state index contributed by atoms with van der Waals surface area (Å²) < 4.78 is 6.54. The molecule has 3 aromatic rings. The number of hydrogen-bond donors (Lipinski definition) is 0. The highest BCUT2D eigenvalue weighted by atomic mass is 28.4. The first-order valence-electron chi connectivity index (χ1n) is 8.29. The number of hydrogen-bond acceptors (Lipinski definition) is 3. The van der Waals surface area contributed by atoms with E-state index in [0.29, 0.717) is 0 Å². The van der Waals surface area contributed by atoms with Crippen LogP contribution in [0.15, 0.2) is 42.5 Å². The molecule has 2 aromatic carbocycles. The fraction of sp³-hybridized carbons (Fsp3) is 0.368. The molecule has 0 spiro atoms. The van der Waals surface area contributed by atoms with Crippen LogP contribution in [-0.4, -0.2) is 23.3 Å². The first kappa shape index (κ1) is 16.7. The van der Waals surface area contributed by atoms with Crippen molar-refractivity contribution in [2.45, 2.75) is 45.8 Å². The monoisotopic (exact) mass is 339 g/mol. The fourth-order valence-corrected chi connectivity index (χ4v) is 3.29. The van der Waals surface area contributed by atoms with Gasteiger partial charge in [0.25, 0.3) is 8.32 Å². The lowest BCUT2D eigenvalue weighted by Crippen LogP contribution is -2.44. The largest absolute Gasteiger partial charge is 0.542 e. The molecule has 0 bridgehead atoms. The lowest BCUT2D eigenvalue weighted by molar-refractivity contribution is 0.486. The van der Waals surface area contributed by atoms with Gasteiger partial charge in [0.15, 0.2) is 0 Å². The lowest BCUT2D eigenvalue weighted by Gasteiger charge is -2.36. The maximum Gasteiger partial charge on any atom is 0.250 e. The summed E-state index contributed by atoms with van der Waals surface area (Å²) in [6.07, 6.45) is 0. The second kappa shape index (κ2) is 5.74. The van der Waals surface area contributed by atoms with E-state index in [4.69, 9.17) is 4.43 Å². The molecule has 0 aliphatic rings. The van der Waals surface area contributed by atoms with E-state index in [9.17, 15) is 0 Å². The third kappa shape index (κ3) is 3.08. The predicted octanol–water partition coefficient (Wildman–Crippen LogP) is 5.11. The van der Waals surface area contributed by atoms with Crippen LogP contribution in [0.3, 0.4) is 0 Å². The van der Waals surface area contributed by atoms with Crippen molar-refractivity contribution in [1.29, 1.82) is 0 Å². The molecule has 0 fully saturated rings. The number of aryl methyl sites for hydroxylation is 1. The first-order valence-corrected chi connectivity index (χ1v) is 11.2. The molecule has 24 heavy (non-hydrogen) atoms. The average molecular weight is 340 g/mol. The molecule has 5 heteroatoms. The molecule has 4 nitrogen and oxygen atoms in total. The highest BCUT2D eigenvalue weighted by Gasteiger charge is 2.39. The van der Waals surface area contributed by atoms with Crippen molar-refractivity contribution in [3.05, 3.63) is 48.0 Å². The van der Waals surface area contributed by atoms with Gasteiger partial charge in [0.1, 0.15) is 22.5 Å². The van der Waals surface area contributed by atoms with Crippen LogP contribution in [0.5, 0.6) is 5.75 Å². The van der Waals surface area contributed by atoms with Crippen LogP contribution in [0.4, 0.5) is 0 Å². The molecular formula is C19H25N3OSi. The summed E-state index contributed by atoms with van der Waals surface area (Å²) in [7, 11) is -1.94. The van der Waals surface area contributed by atoms with Crippen molar-refractivity contribution in [1.82, 2.24) is 15.0 Å². The summed E-state index contributed by atoms with van der Waals surface area (Å²) in [6.45, 7) is 13.3. The van der Waals surface area contributed by atoms with E-state index in [0.717, 1.165) is 28.0 Å². The van der Waals surface area contributed by atoms with Gasteiger partial charge in [-0.05, 0) is 54.9 Å². The Kier molecular flexibility index (Phi) is 3.99. The smallest absolute Gasteiger partial charge is 0.250 e. The SMILES string of the molecule is Cc1ccc(O[Si](C)(C)C(C)(C)C)c(-n2nc3ccccc3n2)c1. The minimum Gasteiger partial charge on any atom is -0.542 e. The van der Waals surface area contributed by atoms with Crippen LogP contribution >= 0.6 is 0 Å². The number of benzene rings is 2. The predicted molar refractivity (Wildman–Crippen MR) is 101 cm³/mol. The van der Waals surface area contributed by atoms with Gasteiger partial charge in [0.05, 0.1) is 0 Å². The van der Waals surface area contributed by atoms with Crippen molar-refractivity contribution in [3.63, 3.8) is 0 Å². The standard InChI is InChI=1S/C19H25N3OSi/c1-14-11-12-18(23-24(5,6)19(2,3)4)17(13-14)22-20-15-9-7-8-10-16(15)21-22/h7-13H,1-6H3. The highest BCUT2D eigenvalue weighted by Crippen LogP contribution is 2.39. The van der Waals surface area contributed by atoms with E-state index < -0.39 is 8.32 Å². The zero-order chi connectivity index (χ0) is 17.5. The quantitative estimate of drug-likeness (QED) is 0.622. The molecule has 1 heterocycles. The first-order chi connectivity index (χ1) is 11.2. The average Bonchev–Trinajstić information content (AvgIpc) is 2.91. The van der Waals surface area contributed by atoms with Crippen molar-refractivity contribution in [2.75, 3.05) is 0 Å². The number of nitrogens with zero attached hydrogens (tertiary/aromatic N) is 3. The molecule has 126 valence electrons. The minimum absolute atomic E-state index is 0.136. The molecule has 0 saturated heterocycles. The molecule has 0 unspecified atom stereocenters. The highest BCUT2D eigenvalue weighted by molar-refractivity contribution is 6.74. The lowest BCUT2D eigenvalue weighted by atomic mass is 10.2. The Bertz CT molecular complexity index is 845. The van der Waals surface area contributed by atoms with Crippen LogP contribution in [0, 0.1) is 6.92 Å². The zero-order valence-electron chi connectivity index (χ0n) is 15.3. The number of fused-ring (bicyclic) bond motifs is 1. The molecular weight excluding hydrogens is 314 g/mol. The van der Waals surface area contributed by atoms with Crippen LogP contribution < -0.4 is 4.43 Å². The van der Waals surface area contributed by atoms with E-state index in [1.54, 1.807) is 4.80 Å². The van der Waals surface area contributed by atoms with Gasteiger partial charge in [-0.15, -0.1) is 15.0 Å². The Morgan fingerprint density at radius 3 is 2.08 bits per heavy atom. The van der Waals surface area contributed by atoms with Crippen molar-refractivity contribution >= 4 is 19.4 Å². The van der Waals surface area contributed by atoms with Gasteiger partial charge in [0, 0.05) is 0 Å². The van der Waals surface area contributed by atoms with Crippen molar-refractivity contribution in [3.8, 4) is 11.4 Å². The molecule has 0 radical (unpaired) electrons. The van der Waals surface area contributed by atoms with Crippen LogP contribution in [0.2, 0.25) is 18.1 Å². The second-order valence-electron chi connectivity index (χ2n) is 7.81. The molecule has 0 N–H and O–H groups in total. The minimum atomic E-state index is -1.94. The van der Waals surface area contributed by atoms with Crippen molar-refractivity contribution in [2.24, 2.45) is 0 Å².